The van der Waals surface area contributed by atoms with E-state index in [0.29, 0.717) is 11.8 Å². The van der Waals surface area contributed by atoms with Gasteiger partial charge in [-0.1, -0.05) is 19.3 Å². The fourth-order valence-corrected chi connectivity index (χ4v) is 4.56. The van der Waals surface area contributed by atoms with Crippen molar-refractivity contribution in [1.82, 2.24) is 14.7 Å². The second-order valence-electron chi connectivity index (χ2n) is 8.39. The van der Waals surface area contributed by atoms with Gasteiger partial charge in [-0.2, -0.15) is 0 Å². The van der Waals surface area contributed by atoms with E-state index in [4.69, 9.17) is 0 Å². The SMILES string of the molecule is CN1CCN(C(=O)CC2CCN(CC3(O)CCCCC3)CC2)CC1. The number of amides is 1. The highest BCUT2D eigenvalue weighted by atomic mass is 16.3. The lowest BCUT2D eigenvalue weighted by Gasteiger charge is -2.40. The Morgan fingerprint density at radius 2 is 1.62 bits per heavy atom. The van der Waals surface area contributed by atoms with Crippen molar-refractivity contribution in [3.05, 3.63) is 0 Å². The maximum atomic E-state index is 12.5. The summed E-state index contributed by atoms with van der Waals surface area (Å²) in [6.45, 7) is 6.71. The lowest BCUT2D eigenvalue weighted by atomic mass is 9.83. The average Bonchev–Trinajstić information content (AvgIpc) is 2.57. The summed E-state index contributed by atoms with van der Waals surface area (Å²) in [5.41, 5.74) is -0.444. The summed E-state index contributed by atoms with van der Waals surface area (Å²) in [6.07, 6.45) is 8.49. The molecule has 0 atom stereocenters. The van der Waals surface area contributed by atoms with Crippen molar-refractivity contribution in [3.8, 4) is 0 Å². The van der Waals surface area contributed by atoms with E-state index < -0.39 is 5.60 Å². The second kappa shape index (κ2) is 8.15. The Morgan fingerprint density at radius 3 is 2.25 bits per heavy atom. The Morgan fingerprint density at radius 1 is 1.00 bits per heavy atom. The first-order valence-corrected chi connectivity index (χ1v) is 9.95. The number of piperidine rings is 1. The molecule has 0 spiro atoms. The van der Waals surface area contributed by atoms with Crippen molar-refractivity contribution in [3.63, 3.8) is 0 Å². The lowest BCUT2D eigenvalue weighted by molar-refractivity contribution is -0.134. The lowest BCUT2D eigenvalue weighted by Crippen LogP contribution is -2.49. The molecule has 0 radical (unpaired) electrons. The molecule has 0 unspecified atom stereocenters. The molecule has 0 aromatic rings. The van der Waals surface area contributed by atoms with Gasteiger partial charge in [-0.15, -0.1) is 0 Å². The molecule has 2 heterocycles. The molecule has 2 aliphatic heterocycles. The van der Waals surface area contributed by atoms with Crippen LogP contribution in [0.2, 0.25) is 0 Å². The van der Waals surface area contributed by atoms with Gasteiger partial charge in [0.15, 0.2) is 0 Å². The highest BCUT2D eigenvalue weighted by Gasteiger charge is 2.33. The second-order valence-corrected chi connectivity index (χ2v) is 8.39. The van der Waals surface area contributed by atoms with Crippen LogP contribution in [0.25, 0.3) is 0 Å². The number of piperazine rings is 1. The minimum atomic E-state index is -0.444. The standard InChI is InChI=1S/C19H35N3O2/c1-20-11-13-22(14-12-20)18(23)15-17-5-9-21(10-6-17)16-19(24)7-3-2-4-8-19/h17,24H,2-16H2,1H3. The first-order chi connectivity index (χ1) is 11.5. The number of carbonyl (C=O) groups is 1. The first kappa shape index (κ1) is 18.2. The molecule has 3 aliphatic rings. The van der Waals surface area contributed by atoms with Gasteiger partial charge in [-0.05, 0) is 51.7 Å². The maximum Gasteiger partial charge on any atom is 0.222 e. The molecule has 1 aliphatic carbocycles. The van der Waals surface area contributed by atoms with E-state index in [0.717, 1.165) is 77.9 Å². The van der Waals surface area contributed by atoms with E-state index in [1.807, 2.05) is 0 Å². The van der Waals surface area contributed by atoms with Gasteiger partial charge in [0.25, 0.3) is 0 Å². The number of likely N-dealkylation sites (N-methyl/N-ethyl adjacent to an activating group) is 1. The van der Waals surface area contributed by atoms with Crippen LogP contribution in [0.15, 0.2) is 0 Å². The Hall–Kier alpha value is -0.650. The Balaban J connectivity index is 1.38. The molecule has 0 bridgehead atoms. The highest BCUT2D eigenvalue weighted by molar-refractivity contribution is 5.76. The van der Waals surface area contributed by atoms with Crippen LogP contribution >= 0.6 is 0 Å². The summed E-state index contributed by atoms with van der Waals surface area (Å²) in [5.74, 6) is 0.891. The predicted molar refractivity (Wildman–Crippen MR) is 95.9 cm³/mol. The average molecular weight is 338 g/mol. The zero-order valence-electron chi connectivity index (χ0n) is 15.4. The largest absolute Gasteiger partial charge is 0.389 e. The zero-order chi connectivity index (χ0) is 17.0. The number of β-amino-alcohol motifs (C(OH)–C–C–N with tert-alkyl or cyclic N) is 1. The van der Waals surface area contributed by atoms with E-state index >= 15 is 0 Å². The number of aliphatic hydroxyl groups is 1. The van der Waals surface area contributed by atoms with Gasteiger partial charge in [-0.3, -0.25) is 4.79 Å². The van der Waals surface area contributed by atoms with Crippen molar-refractivity contribution >= 4 is 5.91 Å². The smallest absolute Gasteiger partial charge is 0.222 e. The number of hydrogen-bond acceptors (Lipinski definition) is 4. The molecule has 1 N–H and O–H groups in total. The van der Waals surface area contributed by atoms with Gasteiger partial charge in [0.05, 0.1) is 5.60 Å². The molecule has 0 aromatic heterocycles. The Labute approximate surface area is 147 Å². The van der Waals surface area contributed by atoms with Crippen molar-refractivity contribution in [2.24, 2.45) is 5.92 Å². The van der Waals surface area contributed by atoms with Gasteiger partial charge < -0.3 is 19.8 Å². The molecule has 5 nitrogen and oxygen atoms in total. The summed E-state index contributed by atoms with van der Waals surface area (Å²) >= 11 is 0. The fraction of sp³-hybridized carbons (Fsp3) is 0.947. The number of carbonyl (C=O) groups excluding carboxylic acids is 1. The number of likely N-dealkylation sites (tertiary alicyclic amines) is 1. The minimum Gasteiger partial charge on any atom is -0.389 e. The summed E-state index contributed by atoms with van der Waals surface area (Å²) < 4.78 is 0. The highest BCUT2D eigenvalue weighted by Crippen LogP contribution is 2.30. The van der Waals surface area contributed by atoms with E-state index in [1.165, 1.54) is 19.3 Å². The molecule has 5 heteroatoms. The van der Waals surface area contributed by atoms with Crippen LogP contribution in [0.3, 0.4) is 0 Å². The Bertz CT molecular complexity index is 407. The third-order valence-corrected chi connectivity index (χ3v) is 6.33. The summed E-state index contributed by atoms with van der Waals surface area (Å²) in [5, 5.41) is 10.7. The van der Waals surface area contributed by atoms with Crippen LogP contribution in [-0.2, 0) is 4.79 Å². The van der Waals surface area contributed by atoms with E-state index in [1.54, 1.807) is 0 Å². The molecule has 0 aromatic carbocycles. The molecule has 2 saturated heterocycles. The van der Waals surface area contributed by atoms with Crippen LogP contribution in [-0.4, -0.2) is 84.2 Å². The van der Waals surface area contributed by atoms with Crippen molar-refractivity contribution in [2.45, 2.75) is 57.0 Å². The summed E-state index contributed by atoms with van der Waals surface area (Å²) in [6, 6.07) is 0. The molecule has 1 amide bonds. The van der Waals surface area contributed by atoms with Crippen molar-refractivity contribution in [1.29, 1.82) is 0 Å². The van der Waals surface area contributed by atoms with Gasteiger partial charge in [0.2, 0.25) is 5.91 Å². The topological polar surface area (TPSA) is 47.0 Å². The zero-order valence-corrected chi connectivity index (χ0v) is 15.4. The molecular formula is C19H35N3O2. The van der Waals surface area contributed by atoms with Crippen LogP contribution in [0, 0.1) is 5.92 Å². The minimum absolute atomic E-state index is 0.354. The van der Waals surface area contributed by atoms with Crippen LogP contribution in [0.1, 0.15) is 51.4 Å². The van der Waals surface area contributed by atoms with Crippen LogP contribution < -0.4 is 0 Å². The quantitative estimate of drug-likeness (QED) is 0.846. The third kappa shape index (κ3) is 4.93. The maximum absolute atomic E-state index is 12.5. The molecule has 3 fully saturated rings. The van der Waals surface area contributed by atoms with Gasteiger partial charge >= 0.3 is 0 Å². The van der Waals surface area contributed by atoms with Crippen molar-refractivity contribution in [2.75, 3.05) is 52.9 Å². The first-order valence-electron chi connectivity index (χ1n) is 9.95. The molecule has 24 heavy (non-hydrogen) atoms. The van der Waals surface area contributed by atoms with E-state index in [9.17, 15) is 9.90 Å². The van der Waals surface area contributed by atoms with Gasteiger partial charge in [0.1, 0.15) is 0 Å². The van der Waals surface area contributed by atoms with Crippen LogP contribution in [0.5, 0.6) is 0 Å². The van der Waals surface area contributed by atoms with E-state index in [-0.39, 0.29) is 0 Å². The van der Waals surface area contributed by atoms with E-state index in [2.05, 4.69) is 21.7 Å². The molecule has 138 valence electrons. The van der Waals surface area contributed by atoms with Gasteiger partial charge in [0, 0.05) is 39.1 Å². The molecule has 3 rings (SSSR count). The summed E-state index contributed by atoms with van der Waals surface area (Å²) in [4.78, 5) is 19.3. The number of nitrogens with zero attached hydrogens (tertiary/aromatic N) is 3. The summed E-state index contributed by atoms with van der Waals surface area (Å²) in [7, 11) is 2.12. The Kier molecular flexibility index (Phi) is 6.17. The molecule has 1 saturated carbocycles. The van der Waals surface area contributed by atoms with Crippen molar-refractivity contribution < 1.29 is 9.90 Å². The number of hydrogen-bond donors (Lipinski definition) is 1. The fourth-order valence-electron chi connectivity index (χ4n) is 4.56. The number of rotatable bonds is 4. The normalized spacial score (nSPS) is 27.3. The van der Waals surface area contributed by atoms with Gasteiger partial charge in [-0.25, -0.2) is 0 Å². The van der Waals surface area contributed by atoms with Crippen LogP contribution in [0.4, 0.5) is 0 Å². The predicted octanol–water partition coefficient (Wildman–Crippen LogP) is 1.56. The third-order valence-electron chi connectivity index (χ3n) is 6.33. The molecular weight excluding hydrogens is 302 g/mol. The monoisotopic (exact) mass is 337 g/mol.